The lowest BCUT2D eigenvalue weighted by molar-refractivity contribution is -0.136. The van der Waals surface area contributed by atoms with Gasteiger partial charge in [-0.05, 0) is 67.4 Å². The van der Waals surface area contributed by atoms with Crippen LogP contribution in [0.4, 0.5) is 0 Å². The summed E-state index contributed by atoms with van der Waals surface area (Å²) >= 11 is 0. The largest absolute Gasteiger partial charge is 0.304 e. The van der Waals surface area contributed by atoms with E-state index in [2.05, 4.69) is 24.3 Å². The van der Waals surface area contributed by atoms with Gasteiger partial charge in [0.1, 0.15) is 0 Å². The molecule has 0 saturated heterocycles. The molecule has 5 heteroatoms. The van der Waals surface area contributed by atoms with Crippen molar-refractivity contribution in [3.05, 3.63) is 4.91 Å². The average molecular weight is 334 g/mol. The van der Waals surface area contributed by atoms with Gasteiger partial charge in [0.05, 0.1) is 6.54 Å². The molecule has 4 aliphatic carbocycles. The van der Waals surface area contributed by atoms with E-state index in [-0.39, 0.29) is 18.5 Å². The van der Waals surface area contributed by atoms with Crippen molar-refractivity contribution in [1.82, 2.24) is 5.32 Å². The second kappa shape index (κ2) is 5.45. The average Bonchev–Trinajstić information content (AvgIpc) is 2.47. The summed E-state index contributed by atoms with van der Waals surface area (Å²) in [6.45, 7) is 7.84. The number of hydrogen-bond donors (Lipinski definition) is 1. The molecule has 134 valence electrons. The van der Waals surface area contributed by atoms with E-state index in [1.165, 1.54) is 26.2 Å². The van der Waals surface area contributed by atoms with E-state index in [9.17, 15) is 14.5 Å². The van der Waals surface area contributed by atoms with E-state index in [0.717, 1.165) is 25.2 Å². The Kier molecular flexibility index (Phi) is 4.02. The molecule has 0 spiro atoms. The molecule has 3 atom stereocenters. The minimum atomic E-state index is -1.74. The third-order valence-electron chi connectivity index (χ3n) is 6.84. The number of nitrogens with zero attached hydrogens (tertiary/aromatic N) is 1. The summed E-state index contributed by atoms with van der Waals surface area (Å²) in [7, 11) is 0. The number of ketones is 2. The highest BCUT2D eigenvalue weighted by Gasteiger charge is 2.60. The van der Waals surface area contributed by atoms with E-state index in [1.807, 2.05) is 0 Å². The summed E-state index contributed by atoms with van der Waals surface area (Å²) in [6.07, 6.45) is 7.30. The highest BCUT2D eigenvalue weighted by molar-refractivity contribution is 6.12. The normalized spacial score (nSPS) is 42.6. The standard InChI is InChI=1S/C19H30N2O3/c1-5-14(22)18(4,21-24)15(23)9-20-19-8-13-6-16(2,11-19)10-17(3,7-13)12-19/h13,20H,5-12H2,1-4H3. The molecule has 5 nitrogen and oxygen atoms in total. The number of carbonyl (C=O) groups is 2. The predicted molar refractivity (Wildman–Crippen MR) is 92.6 cm³/mol. The Labute approximate surface area is 144 Å². The lowest BCUT2D eigenvalue weighted by Crippen LogP contribution is -2.65. The Morgan fingerprint density at radius 1 is 1.08 bits per heavy atom. The Morgan fingerprint density at radius 3 is 2.12 bits per heavy atom. The van der Waals surface area contributed by atoms with Crippen LogP contribution in [0.15, 0.2) is 5.18 Å². The first-order valence-electron chi connectivity index (χ1n) is 9.24. The molecule has 0 radical (unpaired) electrons. The van der Waals surface area contributed by atoms with E-state index >= 15 is 0 Å². The Morgan fingerprint density at radius 2 is 1.67 bits per heavy atom. The predicted octanol–water partition coefficient (Wildman–Crippen LogP) is 3.40. The van der Waals surface area contributed by atoms with Crippen molar-refractivity contribution in [2.45, 2.75) is 83.7 Å². The first kappa shape index (κ1) is 17.7. The van der Waals surface area contributed by atoms with E-state index in [0.29, 0.717) is 10.8 Å². The quantitative estimate of drug-likeness (QED) is 0.572. The SMILES string of the molecule is CCC(=O)C(C)(N=O)C(=O)CNC12CC3CC(C)(CC(C)(C3)C1)C2. The number of rotatable bonds is 7. The molecule has 0 aromatic carbocycles. The zero-order valence-corrected chi connectivity index (χ0v) is 15.4. The van der Waals surface area contributed by atoms with Gasteiger partial charge in [-0.1, -0.05) is 20.8 Å². The van der Waals surface area contributed by atoms with E-state index in [1.54, 1.807) is 6.92 Å². The van der Waals surface area contributed by atoms with Gasteiger partial charge in [0.15, 0.2) is 11.6 Å². The number of hydrogen-bond acceptors (Lipinski definition) is 5. The van der Waals surface area contributed by atoms with E-state index < -0.39 is 17.1 Å². The minimum Gasteiger partial charge on any atom is -0.304 e. The summed E-state index contributed by atoms with van der Waals surface area (Å²) in [4.78, 5) is 35.7. The van der Waals surface area contributed by atoms with Gasteiger partial charge in [-0.25, -0.2) is 0 Å². The van der Waals surface area contributed by atoms with Crippen LogP contribution in [-0.2, 0) is 9.59 Å². The van der Waals surface area contributed by atoms with Gasteiger partial charge in [0.25, 0.3) is 0 Å². The zero-order chi connectivity index (χ0) is 17.8. The van der Waals surface area contributed by atoms with Crippen LogP contribution in [0.25, 0.3) is 0 Å². The fourth-order valence-corrected chi connectivity index (χ4v) is 6.69. The first-order chi connectivity index (χ1) is 11.1. The highest BCUT2D eigenvalue weighted by Crippen LogP contribution is 2.66. The lowest BCUT2D eigenvalue weighted by atomic mass is 9.43. The van der Waals surface area contributed by atoms with Crippen molar-refractivity contribution in [2.75, 3.05) is 6.54 Å². The molecule has 0 amide bonds. The van der Waals surface area contributed by atoms with E-state index in [4.69, 9.17) is 0 Å². The van der Waals surface area contributed by atoms with Crippen LogP contribution in [0.1, 0.15) is 72.6 Å². The second-order valence-electron chi connectivity index (χ2n) is 9.63. The highest BCUT2D eigenvalue weighted by atomic mass is 16.3. The summed E-state index contributed by atoms with van der Waals surface area (Å²) in [6, 6.07) is 0. The van der Waals surface area contributed by atoms with Crippen LogP contribution in [-0.4, -0.2) is 29.2 Å². The number of nitrogens with one attached hydrogen (secondary N) is 1. The molecule has 0 aromatic rings. The molecule has 4 aliphatic rings. The summed E-state index contributed by atoms with van der Waals surface area (Å²) in [5.74, 6) is -0.0594. The molecule has 0 heterocycles. The molecular weight excluding hydrogens is 304 g/mol. The van der Waals surface area contributed by atoms with Gasteiger partial charge in [-0.3, -0.25) is 9.59 Å². The summed E-state index contributed by atoms with van der Waals surface area (Å²) in [5.41, 5.74) is -1.04. The smallest absolute Gasteiger partial charge is 0.216 e. The topological polar surface area (TPSA) is 75.6 Å². The minimum absolute atomic E-state index is 0.0162. The second-order valence-corrected chi connectivity index (χ2v) is 9.63. The van der Waals surface area contributed by atoms with Crippen LogP contribution in [0.5, 0.6) is 0 Å². The van der Waals surface area contributed by atoms with Crippen molar-refractivity contribution in [2.24, 2.45) is 21.9 Å². The van der Waals surface area contributed by atoms with Crippen molar-refractivity contribution in [3.8, 4) is 0 Å². The molecular formula is C19H30N2O3. The van der Waals surface area contributed by atoms with Gasteiger partial charge in [0.2, 0.25) is 5.54 Å². The molecule has 1 N–H and O–H groups in total. The van der Waals surface area contributed by atoms with Crippen molar-refractivity contribution in [1.29, 1.82) is 0 Å². The Balaban J connectivity index is 1.74. The first-order valence-corrected chi connectivity index (χ1v) is 9.24. The van der Waals surface area contributed by atoms with Gasteiger partial charge in [-0.2, -0.15) is 0 Å². The molecule has 24 heavy (non-hydrogen) atoms. The summed E-state index contributed by atoms with van der Waals surface area (Å²) in [5, 5.41) is 6.39. The molecule has 4 rings (SSSR count). The Bertz CT molecular complexity index is 569. The van der Waals surface area contributed by atoms with Crippen LogP contribution < -0.4 is 5.32 Å². The maximum atomic E-state index is 12.6. The fourth-order valence-electron chi connectivity index (χ4n) is 6.69. The van der Waals surface area contributed by atoms with Gasteiger partial charge >= 0.3 is 0 Å². The monoisotopic (exact) mass is 334 g/mol. The van der Waals surface area contributed by atoms with Gasteiger partial charge in [0, 0.05) is 12.0 Å². The maximum Gasteiger partial charge on any atom is 0.216 e. The van der Waals surface area contributed by atoms with Crippen LogP contribution in [0, 0.1) is 21.7 Å². The summed E-state index contributed by atoms with van der Waals surface area (Å²) < 4.78 is 0. The molecule has 0 aliphatic heterocycles. The third kappa shape index (κ3) is 2.75. The van der Waals surface area contributed by atoms with Crippen molar-refractivity contribution < 1.29 is 9.59 Å². The number of nitroso groups, excluding NO2 is 1. The third-order valence-corrected chi connectivity index (χ3v) is 6.84. The molecule has 3 unspecified atom stereocenters. The number of carbonyl (C=O) groups excluding carboxylic acids is 2. The molecule has 0 aromatic heterocycles. The maximum absolute atomic E-state index is 12.6. The van der Waals surface area contributed by atoms with Crippen LogP contribution in [0.3, 0.4) is 0 Å². The zero-order valence-electron chi connectivity index (χ0n) is 15.4. The fraction of sp³-hybridized carbons (Fsp3) is 0.895. The van der Waals surface area contributed by atoms with Crippen LogP contribution >= 0.6 is 0 Å². The van der Waals surface area contributed by atoms with Gasteiger partial charge < -0.3 is 5.32 Å². The lowest BCUT2D eigenvalue weighted by Gasteiger charge is -2.65. The molecule has 4 fully saturated rings. The van der Waals surface area contributed by atoms with Crippen molar-refractivity contribution in [3.63, 3.8) is 0 Å². The van der Waals surface area contributed by atoms with Gasteiger partial charge in [-0.15, -0.1) is 4.91 Å². The molecule has 4 bridgehead atoms. The number of Topliss-reactive ketones (excluding diaryl/α,β-unsaturated/α-hetero) is 2. The Hall–Kier alpha value is -1.10. The van der Waals surface area contributed by atoms with Crippen molar-refractivity contribution >= 4 is 11.6 Å². The molecule has 4 saturated carbocycles. The van der Waals surface area contributed by atoms with Crippen LogP contribution in [0.2, 0.25) is 0 Å².